The fourth-order valence-corrected chi connectivity index (χ4v) is 1.90. The SMILES string of the molecule is CCCCOCC(=O)Nc1cc(C(=O)OC)cc(OC)c1Cl. The van der Waals surface area contributed by atoms with Crippen LogP contribution in [0.25, 0.3) is 0 Å². The minimum atomic E-state index is -0.551. The Labute approximate surface area is 134 Å². The first-order valence-electron chi connectivity index (χ1n) is 6.86. The van der Waals surface area contributed by atoms with Crippen molar-refractivity contribution in [3.63, 3.8) is 0 Å². The molecule has 0 spiro atoms. The molecule has 22 heavy (non-hydrogen) atoms. The van der Waals surface area contributed by atoms with Crippen molar-refractivity contribution in [3.05, 3.63) is 22.7 Å². The lowest BCUT2D eigenvalue weighted by molar-refractivity contribution is -0.120. The molecule has 1 N–H and O–H groups in total. The molecule has 0 saturated heterocycles. The first-order valence-corrected chi connectivity index (χ1v) is 7.24. The van der Waals surface area contributed by atoms with E-state index in [1.165, 1.54) is 26.4 Å². The van der Waals surface area contributed by atoms with Crippen molar-refractivity contribution in [3.8, 4) is 5.75 Å². The van der Waals surface area contributed by atoms with Gasteiger partial charge in [0.25, 0.3) is 0 Å². The van der Waals surface area contributed by atoms with Gasteiger partial charge in [-0.2, -0.15) is 0 Å². The topological polar surface area (TPSA) is 73.9 Å². The van der Waals surface area contributed by atoms with Gasteiger partial charge in [0, 0.05) is 6.61 Å². The molecule has 7 heteroatoms. The van der Waals surface area contributed by atoms with Crippen LogP contribution in [0.15, 0.2) is 12.1 Å². The molecule has 122 valence electrons. The Balaban J connectivity index is 2.84. The Morgan fingerprint density at radius 2 is 2.00 bits per heavy atom. The number of methoxy groups -OCH3 is 2. The second-order valence-electron chi connectivity index (χ2n) is 4.49. The van der Waals surface area contributed by atoms with Crippen LogP contribution in [0.2, 0.25) is 5.02 Å². The number of esters is 1. The van der Waals surface area contributed by atoms with Crippen LogP contribution in [0.1, 0.15) is 30.1 Å². The van der Waals surface area contributed by atoms with Crippen LogP contribution in [-0.2, 0) is 14.3 Å². The van der Waals surface area contributed by atoms with Gasteiger partial charge in [-0.15, -0.1) is 0 Å². The summed E-state index contributed by atoms with van der Waals surface area (Å²) in [5.74, 6) is -0.640. The summed E-state index contributed by atoms with van der Waals surface area (Å²) in [6, 6.07) is 2.88. The number of anilines is 1. The molecule has 0 aliphatic rings. The first-order chi connectivity index (χ1) is 10.5. The molecule has 0 atom stereocenters. The number of nitrogens with one attached hydrogen (secondary N) is 1. The first kappa shape index (κ1) is 18.3. The van der Waals surface area contributed by atoms with Crippen LogP contribution >= 0.6 is 11.6 Å². The zero-order chi connectivity index (χ0) is 16.5. The maximum Gasteiger partial charge on any atom is 0.338 e. The predicted molar refractivity (Wildman–Crippen MR) is 83.7 cm³/mol. The number of hydrogen-bond acceptors (Lipinski definition) is 5. The van der Waals surface area contributed by atoms with Crippen molar-refractivity contribution in [2.75, 3.05) is 32.8 Å². The Bertz CT molecular complexity index is 533. The highest BCUT2D eigenvalue weighted by Gasteiger charge is 2.16. The molecule has 0 aromatic heterocycles. The molecule has 1 aromatic carbocycles. The normalized spacial score (nSPS) is 10.2. The highest BCUT2D eigenvalue weighted by atomic mass is 35.5. The predicted octanol–water partition coefficient (Wildman–Crippen LogP) is 2.89. The molecule has 0 heterocycles. The van der Waals surface area contributed by atoms with Crippen molar-refractivity contribution < 1.29 is 23.8 Å². The van der Waals surface area contributed by atoms with Crippen molar-refractivity contribution in [2.24, 2.45) is 0 Å². The van der Waals surface area contributed by atoms with Gasteiger partial charge in [0.15, 0.2) is 0 Å². The van der Waals surface area contributed by atoms with Gasteiger partial charge in [0.2, 0.25) is 5.91 Å². The van der Waals surface area contributed by atoms with Crippen molar-refractivity contribution in [1.82, 2.24) is 0 Å². The van der Waals surface area contributed by atoms with Crippen LogP contribution in [-0.4, -0.2) is 39.3 Å². The smallest absolute Gasteiger partial charge is 0.338 e. The lowest BCUT2D eigenvalue weighted by atomic mass is 10.2. The maximum absolute atomic E-state index is 11.8. The minimum absolute atomic E-state index is 0.0822. The summed E-state index contributed by atoms with van der Waals surface area (Å²) in [6.07, 6.45) is 1.88. The summed E-state index contributed by atoms with van der Waals surface area (Å²) in [6.45, 7) is 2.47. The Morgan fingerprint density at radius 3 is 2.59 bits per heavy atom. The highest BCUT2D eigenvalue weighted by molar-refractivity contribution is 6.35. The summed E-state index contributed by atoms with van der Waals surface area (Å²) >= 11 is 6.12. The minimum Gasteiger partial charge on any atom is -0.495 e. The number of benzene rings is 1. The van der Waals surface area contributed by atoms with Gasteiger partial charge in [-0.1, -0.05) is 24.9 Å². The maximum atomic E-state index is 11.8. The van der Waals surface area contributed by atoms with E-state index in [0.717, 1.165) is 12.8 Å². The summed E-state index contributed by atoms with van der Waals surface area (Å²) < 4.78 is 15.0. The number of rotatable bonds is 8. The van der Waals surface area contributed by atoms with E-state index in [0.29, 0.717) is 6.61 Å². The van der Waals surface area contributed by atoms with Gasteiger partial charge in [-0.05, 0) is 18.6 Å². The van der Waals surface area contributed by atoms with Gasteiger partial charge in [-0.25, -0.2) is 4.79 Å². The summed E-state index contributed by atoms with van der Waals surface area (Å²) in [7, 11) is 2.69. The molecular weight excluding hydrogens is 310 g/mol. The van der Waals surface area contributed by atoms with Gasteiger partial charge in [0.1, 0.15) is 17.4 Å². The standard InChI is InChI=1S/C15H20ClNO5/c1-4-5-6-22-9-13(18)17-11-7-10(15(19)21-3)8-12(20-2)14(11)16/h7-8H,4-6,9H2,1-3H3,(H,17,18). The number of carbonyl (C=O) groups is 2. The molecule has 0 unspecified atom stereocenters. The fourth-order valence-electron chi connectivity index (χ4n) is 1.67. The molecule has 1 aromatic rings. The van der Waals surface area contributed by atoms with Crippen molar-refractivity contribution >= 4 is 29.2 Å². The quantitative estimate of drug-likeness (QED) is 0.586. The van der Waals surface area contributed by atoms with Gasteiger partial charge in [0.05, 0.1) is 25.5 Å². The van der Waals surface area contributed by atoms with Crippen LogP contribution in [0.3, 0.4) is 0 Å². The van der Waals surface area contributed by atoms with E-state index in [2.05, 4.69) is 10.1 Å². The lowest BCUT2D eigenvalue weighted by Crippen LogP contribution is -2.19. The molecule has 6 nitrogen and oxygen atoms in total. The second-order valence-corrected chi connectivity index (χ2v) is 4.86. The average molecular weight is 330 g/mol. The Kier molecular flexibility index (Phi) is 7.70. The van der Waals surface area contributed by atoms with Crippen molar-refractivity contribution in [2.45, 2.75) is 19.8 Å². The number of halogens is 1. The molecule has 1 amide bonds. The molecule has 0 radical (unpaired) electrons. The molecule has 0 fully saturated rings. The molecule has 0 aliphatic heterocycles. The van der Waals surface area contributed by atoms with Gasteiger partial charge < -0.3 is 19.5 Å². The van der Waals surface area contributed by atoms with Crippen LogP contribution in [0.5, 0.6) is 5.75 Å². The number of unbranched alkanes of at least 4 members (excludes halogenated alkanes) is 1. The number of amides is 1. The van der Waals surface area contributed by atoms with E-state index < -0.39 is 5.97 Å². The third-order valence-corrected chi connectivity index (χ3v) is 3.22. The van der Waals surface area contributed by atoms with E-state index in [4.69, 9.17) is 21.1 Å². The average Bonchev–Trinajstić information content (AvgIpc) is 2.52. The highest BCUT2D eigenvalue weighted by Crippen LogP contribution is 2.34. The zero-order valence-corrected chi connectivity index (χ0v) is 13.7. The molecular formula is C15H20ClNO5. The Morgan fingerprint density at radius 1 is 1.27 bits per heavy atom. The van der Waals surface area contributed by atoms with Gasteiger partial charge in [-0.3, -0.25) is 4.79 Å². The van der Waals surface area contributed by atoms with E-state index in [9.17, 15) is 9.59 Å². The van der Waals surface area contributed by atoms with Crippen molar-refractivity contribution in [1.29, 1.82) is 0 Å². The molecule has 1 rings (SSSR count). The van der Waals surface area contributed by atoms with Gasteiger partial charge >= 0.3 is 5.97 Å². The van der Waals surface area contributed by atoms with Crippen LogP contribution in [0.4, 0.5) is 5.69 Å². The Hall–Kier alpha value is -1.79. The summed E-state index contributed by atoms with van der Waals surface area (Å²) in [4.78, 5) is 23.4. The fraction of sp³-hybridized carbons (Fsp3) is 0.467. The van der Waals surface area contributed by atoms with E-state index >= 15 is 0 Å². The van der Waals surface area contributed by atoms with Crippen LogP contribution < -0.4 is 10.1 Å². The lowest BCUT2D eigenvalue weighted by Gasteiger charge is -2.12. The largest absolute Gasteiger partial charge is 0.495 e. The number of ether oxygens (including phenoxy) is 3. The molecule has 0 saturated carbocycles. The van der Waals surface area contributed by atoms with E-state index in [1.807, 2.05) is 6.92 Å². The summed E-state index contributed by atoms with van der Waals surface area (Å²) in [5, 5.41) is 2.80. The molecule has 0 aliphatic carbocycles. The monoisotopic (exact) mass is 329 g/mol. The number of carbonyl (C=O) groups excluding carboxylic acids is 2. The third kappa shape index (κ3) is 5.20. The molecule has 0 bridgehead atoms. The number of hydrogen-bond donors (Lipinski definition) is 1. The zero-order valence-electron chi connectivity index (χ0n) is 12.9. The second kappa shape index (κ2) is 9.27. The van der Waals surface area contributed by atoms with Crippen LogP contribution in [0, 0.1) is 0 Å². The summed E-state index contributed by atoms with van der Waals surface area (Å²) in [5.41, 5.74) is 0.497. The third-order valence-electron chi connectivity index (χ3n) is 2.83. The van der Waals surface area contributed by atoms with E-state index in [1.54, 1.807) is 0 Å². The van der Waals surface area contributed by atoms with E-state index in [-0.39, 0.29) is 34.5 Å².